The minimum absolute atomic E-state index is 0.00205. The third-order valence-corrected chi connectivity index (χ3v) is 6.89. The van der Waals surface area contributed by atoms with Crippen molar-refractivity contribution < 1.29 is 26.3 Å². The van der Waals surface area contributed by atoms with Crippen LogP contribution in [-0.2, 0) is 16.2 Å². The zero-order valence-corrected chi connectivity index (χ0v) is 21.2. The molecule has 37 heavy (non-hydrogen) atoms. The lowest BCUT2D eigenvalue weighted by atomic mass is 10.0. The summed E-state index contributed by atoms with van der Waals surface area (Å²) in [5, 5.41) is 3.62. The predicted octanol–water partition coefficient (Wildman–Crippen LogP) is 5.54. The molecule has 0 aliphatic rings. The van der Waals surface area contributed by atoms with Crippen LogP contribution in [0.25, 0.3) is 22.2 Å². The molecule has 0 saturated carbocycles. The minimum Gasteiger partial charge on any atom is -0.467 e. The summed E-state index contributed by atoms with van der Waals surface area (Å²) in [6.07, 6.45) is -3.28. The monoisotopic (exact) mass is 531 g/mol. The highest BCUT2D eigenvalue weighted by atomic mass is 32.2. The van der Waals surface area contributed by atoms with Crippen LogP contribution in [0.1, 0.15) is 26.3 Å². The average molecular weight is 532 g/mol. The highest BCUT2D eigenvalue weighted by Crippen LogP contribution is 2.37. The van der Waals surface area contributed by atoms with E-state index in [9.17, 15) is 21.6 Å². The quantitative estimate of drug-likeness (QED) is 0.337. The molecular weight excluding hydrogens is 507 g/mol. The van der Waals surface area contributed by atoms with E-state index >= 15 is 0 Å². The molecule has 0 radical (unpaired) electrons. The highest BCUT2D eigenvalue weighted by molar-refractivity contribution is 7.89. The zero-order valence-electron chi connectivity index (χ0n) is 20.4. The number of pyridine rings is 1. The van der Waals surface area contributed by atoms with E-state index in [2.05, 4.69) is 25.0 Å². The number of benzene rings is 2. The molecule has 0 saturated heterocycles. The highest BCUT2D eigenvalue weighted by Gasteiger charge is 2.34. The Hall–Kier alpha value is -3.77. The lowest BCUT2D eigenvalue weighted by molar-refractivity contribution is -0.137. The summed E-state index contributed by atoms with van der Waals surface area (Å²) in [6.45, 7) is 5.24. The van der Waals surface area contributed by atoms with Crippen molar-refractivity contribution in [2.45, 2.75) is 37.4 Å². The van der Waals surface area contributed by atoms with Crippen LogP contribution < -0.4 is 14.8 Å². The van der Waals surface area contributed by atoms with Gasteiger partial charge in [0.25, 0.3) is 0 Å². The lowest BCUT2D eigenvalue weighted by Crippen LogP contribution is -2.40. The number of fused-ring (bicyclic) bond motifs is 1. The third kappa shape index (κ3) is 5.97. The second-order valence-corrected chi connectivity index (χ2v) is 10.9. The molecule has 0 aliphatic carbocycles. The number of alkyl halides is 3. The molecule has 8 nitrogen and oxygen atoms in total. The molecule has 2 aromatic carbocycles. The number of hydrogen-bond donors (Lipinski definition) is 2. The van der Waals surface area contributed by atoms with Crippen LogP contribution in [0.2, 0.25) is 0 Å². The molecule has 0 unspecified atom stereocenters. The number of aromatic nitrogens is 3. The smallest absolute Gasteiger partial charge is 0.418 e. The minimum atomic E-state index is -4.57. The van der Waals surface area contributed by atoms with Gasteiger partial charge >= 0.3 is 12.2 Å². The standard InChI is InChI=1S/C25H24F3N5O3S/c1-24(2,3)33-37(34,35)17-10-8-16(9-11-17)30-22-18-12-7-15(14-20(18)31-23(32-22)36-4)21-19(25(26,27)28)6-5-13-29-21/h5-14,33H,1-4H3,(H,30,31,32). The summed E-state index contributed by atoms with van der Waals surface area (Å²) < 4.78 is 73.5. The van der Waals surface area contributed by atoms with E-state index in [1.165, 1.54) is 43.6 Å². The molecule has 0 amide bonds. The van der Waals surface area contributed by atoms with Crippen LogP contribution in [0.15, 0.2) is 65.7 Å². The van der Waals surface area contributed by atoms with E-state index in [0.29, 0.717) is 22.4 Å². The Morgan fingerprint density at radius 1 is 0.946 bits per heavy atom. The molecule has 194 valence electrons. The van der Waals surface area contributed by atoms with Crippen molar-refractivity contribution in [3.05, 3.63) is 66.4 Å². The van der Waals surface area contributed by atoms with Crippen molar-refractivity contribution in [1.82, 2.24) is 19.7 Å². The second kappa shape index (κ2) is 9.60. The van der Waals surface area contributed by atoms with Gasteiger partial charge in [0.05, 0.1) is 28.8 Å². The molecule has 0 atom stereocenters. The number of nitrogens with one attached hydrogen (secondary N) is 2. The van der Waals surface area contributed by atoms with Crippen molar-refractivity contribution in [3.63, 3.8) is 0 Å². The Labute approximate surface area is 212 Å². The summed E-state index contributed by atoms with van der Waals surface area (Å²) in [5.41, 5.74) is -0.618. The predicted molar refractivity (Wildman–Crippen MR) is 134 cm³/mol. The molecule has 0 bridgehead atoms. The Kier molecular flexibility index (Phi) is 6.82. The number of rotatable bonds is 6. The first kappa shape index (κ1) is 26.3. The first-order valence-electron chi connectivity index (χ1n) is 11.1. The fourth-order valence-electron chi connectivity index (χ4n) is 3.62. The van der Waals surface area contributed by atoms with E-state index in [-0.39, 0.29) is 22.2 Å². The number of hydrogen-bond acceptors (Lipinski definition) is 7. The number of sulfonamides is 1. The molecule has 2 N–H and O–H groups in total. The van der Waals surface area contributed by atoms with Gasteiger partial charge in [-0.05, 0) is 69.3 Å². The molecule has 4 aromatic rings. The van der Waals surface area contributed by atoms with Crippen LogP contribution >= 0.6 is 0 Å². The number of methoxy groups -OCH3 is 1. The normalized spacial score (nSPS) is 12.5. The van der Waals surface area contributed by atoms with Gasteiger partial charge in [-0.2, -0.15) is 23.1 Å². The number of nitrogens with zero attached hydrogens (tertiary/aromatic N) is 3. The van der Waals surface area contributed by atoms with Gasteiger partial charge in [0, 0.05) is 28.4 Å². The van der Waals surface area contributed by atoms with Crippen LogP contribution in [0.5, 0.6) is 6.01 Å². The van der Waals surface area contributed by atoms with Crippen molar-refractivity contribution in [1.29, 1.82) is 0 Å². The number of anilines is 2. The molecule has 2 aromatic heterocycles. The third-order valence-electron chi connectivity index (χ3n) is 5.11. The summed E-state index contributed by atoms with van der Waals surface area (Å²) in [7, 11) is -2.34. The van der Waals surface area contributed by atoms with Crippen LogP contribution in [0.4, 0.5) is 24.7 Å². The Morgan fingerprint density at radius 3 is 2.27 bits per heavy atom. The molecule has 0 fully saturated rings. The van der Waals surface area contributed by atoms with E-state index < -0.39 is 27.3 Å². The van der Waals surface area contributed by atoms with Gasteiger partial charge in [0.1, 0.15) is 5.82 Å². The molecular formula is C25H24F3N5O3S. The molecule has 2 heterocycles. The van der Waals surface area contributed by atoms with E-state index in [0.717, 1.165) is 6.07 Å². The SMILES string of the molecule is COc1nc(Nc2ccc(S(=O)(=O)NC(C)(C)C)cc2)c2ccc(-c3ncccc3C(F)(F)F)cc2n1. The van der Waals surface area contributed by atoms with Crippen molar-refractivity contribution in [2.24, 2.45) is 0 Å². The van der Waals surface area contributed by atoms with Crippen molar-refractivity contribution >= 4 is 32.4 Å². The molecule has 4 rings (SSSR count). The van der Waals surface area contributed by atoms with E-state index in [4.69, 9.17) is 4.74 Å². The van der Waals surface area contributed by atoms with Crippen LogP contribution in [0.3, 0.4) is 0 Å². The van der Waals surface area contributed by atoms with Gasteiger partial charge < -0.3 is 10.1 Å². The van der Waals surface area contributed by atoms with Gasteiger partial charge in [0.2, 0.25) is 10.0 Å². The van der Waals surface area contributed by atoms with Crippen LogP contribution in [0, 0.1) is 0 Å². The summed E-state index contributed by atoms with van der Waals surface area (Å²) in [4.78, 5) is 12.6. The van der Waals surface area contributed by atoms with Crippen molar-refractivity contribution in [3.8, 4) is 17.3 Å². The van der Waals surface area contributed by atoms with Gasteiger partial charge in [-0.15, -0.1) is 0 Å². The largest absolute Gasteiger partial charge is 0.467 e. The summed E-state index contributed by atoms with van der Waals surface area (Å²) in [6, 6.07) is 12.8. The van der Waals surface area contributed by atoms with Gasteiger partial charge in [0.15, 0.2) is 0 Å². The van der Waals surface area contributed by atoms with E-state index in [1.54, 1.807) is 39.0 Å². The Balaban J connectivity index is 1.71. The molecule has 0 spiro atoms. The zero-order chi connectivity index (χ0) is 27.0. The van der Waals surface area contributed by atoms with Crippen LogP contribution in [-0.4, -0.2) is 36.0 Å². The Morgan fingerprint density at radius 2 is 1.65 bits per heavy atom. The second-order valence-electron chi connectivity index (χ2n) is 9.19. The first-order chi connectivity index (χ1) is 17.3. The topological polar surface area (TPSA) is 106 Å². The lowest BCUT2D eigenvalue weighted by Gasteiger charge is -2.20. The maximum absolute atomic E-state index is 13.5. The summed E-state index contributed by atoms with van der Waals surface area (Å²) in [5.74, 6) is 0.328. The maximum atomic E-state index is 13.5. The number of ether oxygens (including phenoxy) is 1. The Bertz CT molecular complexity index is 1550. The molecule has 0 aliphatic heterocycles. The van der Waals surface area contributed by atoms with Gasteiger partial charge in [-0.25, -0.2) is 13.1 Å². The fraction of sp³-hybridized carbons (Fsp3) is 0.240. The van der Waals surface area contributed by atoms with Crippen molar-refractivity contribution in [2.75, 3.05) is 12.4 Å². The van der Waals surface area contributed by atoms with Gasteiger partial charge in [-0.1, -0.05) is 6.07 Å². The van der Waals surface area contributed by atoms with E-state index in [1.807, 2.05) is 0 Å². The average Bonchev–Trinajstić information content (AvgIpc) is 2.82. The summed E-state index contributed by atoms with van der Waals surface area (Å²) >= 11 is 0. The maximum Gasteiger partial charge on any atom is 0.418 e. The van der Waals surface area contributed by atoms with Gasteiger partial charge in [-0.3, -0.25) is 4.98 Å². The number of halogens is 3. The fourth-order valence-corrected chi connectivity index (χ4v) is 5.04. The first-order valence-corrected chi connectivity index (χ1v) is 12.5. The molecule has 12 heteroatoms.